The van der Waals surface area contributed by atoms with Crippen molar-refractivity contribution in [2.24, 2.45) is 7.05 Å². The maximum Gasteiger partial charge on any atom is 0.170 e. The van der Waals surface area contributed by atoms with Gasteiger partial charge in [0.2, 0.25) is 0 Å². The molecule has 1 aliphatic heterocycles. The molecule has 0 spiro atoms. The molecule has 40 heavy (non-hydrogen) atoms. The summed E-state index contributed by atoms with van der Waals surface area (Å²) in [5, 5.41) is 18.1. The highest BCUT2D eigenvalue weighted by Gasteiger charge is 2.28. The molecule has 6 rings (SSSR count). The van der Waals surface area contributed by atoms with E-state index in [4.69, 9.17) is 4.74 Å². The summed E-state index contributed by atoms with van der Waals surface area (Å²) < 4.78 is 10.3. The van der Waals surface area contributed by atoms with Crippen LogP contribution in [0.5, 0.6) is 5.75 Å². The van der Waals surface area contributed by atoms with E-state index in [-0.39, 0.29) is 0 Å². The second kappa shape index (κ2) is 11.5. The summed E-state index contributed by atoms with van der Waals surface area (Å²) in [6.45, 7) is 9.51. The highest BCUT2D eigenvalue weighted by molar-refractivity contribution is 5.58. The minimum absolute atomic E-state index is 0.368. The number of aromatic nitrogens is 6. The van der Waals surface area contributed by atoms with E-state index < -0.39 is 0 Å². The third kappa shape index (κ3) is 5.55. The van der Waals surface area contributed by atoms with Gasteiger partial charge in [0.15, 0.2) is 5.82 Å². The van der Waals surface area contributed by atoms with Gasteiger partial charge in [-0.25, -0.2) is 4.68 Å². The Morgan fingerprint density at radius 1 is 0.900 bits per heavy atom. The Morgan fingerprint density at radius 3 is 2.38 bits per heavy atom. The zero-order valence-corrected chi connectivity index (χ0v) is 24.2. The van der Waals surface area contributed by atoms with E-state index in [1.165, 1.54) is 30.6 Å². The molecule has 8 heteroatoms. The van der Waals surface area contributed by atoms with Crippen LogP contribution in [0.4, 0.5) is 0 Å². The summed E-state index contributed by atoms with van der Waals surface area (Å²) in [4.78, 5) is 2.52. The van der Waals surface area contributed by atoms with Gasteiger partial charge in [-0.15, -0.1) is 15.3 Å². The molecule has 0 amide bonds. The van der Waals surface area contributed by atoms with E-state index in [9.17, 15) is 0 Å². The summed E-state index contributed by atoms with van der Waals surface area (Å²) in [5.74, 6) is 3.66. The number of nitrogens with zero attached hydrogens (tertiary/aromatic N) is 7. The molecule has 4 aromatic rings. The smallest absolute Gasteiger partial charge is 0.170 e. The largest absolute Gasteiger partial charge is 0.486 e. The lowest BCUT2D eigenvalue weighted by molar-refractivity contribution is 0.128. The highest BCUT2D eigenvalue weighted by atomic mass is 16.5. The third-order valence-corrected chi connectivity index (χ3v) is 8.96. The van der Waals surface area contributed by atoms with Crippen molar-refractivity contribution < 1.29 is 4.74 Å². The van der Waals surface area contributed by atoms with E-state index in [1.54, 1.807) is 0 Å². The Bertz CT molecular complexity index is 1410. The molecule has 1 saturated heterocycles. The molecular formula is C32H41N7O. The van der Waals surface area contributed by atoms with Gasteiger partial charge in [-0.05, 0) is 81.3 Å². The quantitative estimate of drug-likeness (QED) is 0.244. The number of benzene rings is 2. The topological polar surface area (TPSA) is 73.9 Å². The maximum absolute atomic E-state index is 6.07. The number of rotatable bonds is 9. The van der Waals surface area contributed by atoms with Crippen molar-refractivity contribution in [3.8, 4) is 17.0 Å². The molecule has 2 aromatic heterocycles. The minimum atomic E-state index is 0.368. The predicted molar refractivity (Wildman–Crippen MR) is 156 cm³/mol. The lowest BCUT2D eigenvalue weighted by Gasteiger charge is -2.36. The second-order valence-corrected chi connectivity index (χ2v) is 11.8. The molecule has 210 valence electrons. The van der Waals surface area contributed by atoms with Gasteiger partial charge in [0.05, 0.1) is 12.2 Å². The molecule has 2 aromatic carbocycles. The Morgan fingerprint density at radius 2 is 1.68 bits per heavy atom. The van der Waals surface area contributed by atoms with Crippen LogP contribution < -0.4 is 4.74 Å². The third-order valence-electron chi connectivity index (χ3n) is 8.96. The van der Waals surface area contributed by atoms with Crippen LogP contribution in [0.3, 0.4) is 0 Å². The average molecular weight is 540 g/mol. The first-order valence-corrected chi connectivity index (χ1v) is 14.8. The molecule has 1 aliphatic carbocycles. The summed E-state index contributed by atoms with van der Waals surface area (Å²) in [6, 6.07) is 18.0. The van der Waals surface area contributed by atoms with Crippen LogP contribution in [0.2, 0.25) is 0 Å². The monoisotopic (exact) mass is 539 g/mol. The van der Waals surface area contributed by atoms with Gasteiger partial charge in [0.1, 0.15) is 23.9 Å². The van der Waals surface area contributed by atoms with Crippen LogP contribution in [0, 0.1) is 0 Å². The van der Waals surface area contributed by atoms with E-state index in [2.05, 4.69) is 111 Å². The predicted octanol–water partition coefficient (Wildman–Crippen LogP) is 6.44. The van der Waals surface area contributed by atoms with Gasteiger partial charge < -0.3 is 9.30 Å². The number of likely N-dealkylation sites (tertiary alicyclic amines) is 1. The first-order valence-electron chi connectivity index (χ1n) is 14.8. The van der Waals surface area contributed by atoms with Gasteiger partial charge in [-0.2, -0.15) is 0 Å². The molecule has 0 bridgehead atoms. The van der Waals surface area contributed by atoms with Crippen LogP contribution in [-0.4, -0.2) is 47.7 Å². The zero-order valence-electron chi connectivity index (χ0n) is 24.2. The van der Waals surface area contributed by atoms with Crippen molar-refractivity contribution >= 4 is 0 Å². The fraction of sp³-hybridized carbons (Fsp3) is 0.500. The van der Waals surface area contributed by atoms with E-state index in [1.807, 2.05) is 6.07 Å². The summed E-state index contributed by atoms with van der Waals surface area (Å²) >= 11 is 0. The Kier molecular flexibility index (Phi) is 7.69. The Labute approximate surface area is 237 Å². The van der Waals surface area contributed by atoms with Gasteiger partial charge in [-0.1, -0.05) is 55.5 Å². The molecular weight excluding hydrogens is 498 g/mol. The van der Waals surface area contributed by atoms with Gasteiger partial charge in [0, 0.05) is 24.6 Å². The Hall–Kier alpha value is -3.52. The van der Waals surface area contributed by atoms with Crippen molar-refractivity contribution in [2.45, 2.75) is 83.4 Å². The van der Waals surface area contributed by atoms with Crippen LogP contribution in [-0.2, 0) is 13.7 Å². The first kappa shape index (κ1) is 26.7. The van der Waals surface area contributed by atoms with E-state index >= 15 is 0 Å². The molecule has 3 heterocycles. The van der Waals surface area contributed by atoms with Crippen molar-refractivity contribution in [3.63, 3.8) is 0 Å². The number of ether oxygens (including phenoxy) is 1. The fourth-order valence-corrected chi connectivity index (χ4v) is 6.03. The molecule has 8 nitrogen and oxygen atoms in total. The van der Waals surface area contributed by atoms with Crippen molar-refractivity contribution in [1.29, 1.82) is 0 Å². The highest BCUT2D eigenvalue weighted by Crippen LogP contribution is 2.37. The summed E-state index contributed by atoms with van der Waals surface area (Å²) in [5.41, 5.74) is 4.72. The molecule has 2 aliphatic rings. The summed E-state index contributed by atoms with van der Waals surface area (Å²) in [6.07, 6.45) is 7.67. The van der Waals surface area contributed by atoms with Crippen molar-refractivity contribution in [1.82, 2.24) is 34.7 Å². The van der Waals surface area contributed by atoms with E-state index in [0.29, 0.717) is 30.5 Å². The normalized spacial score (nSPS) is 20.4. The zero-order chi connectivity index (χ0) is 27.6. The van der Waals surface area contributed by atoms with Crippen LogP contribution >= 0.6 is 0 Å². The number of hydrogen-bond acceptors (Lipinski definition) is 6. The van der Waals surface area contributed by atoms with Gasteiger partial charge >= 0.3 is 0 Å². The van der Waals surface area contributed by atoms with Gasteiger partial charge in [-0.3, -0.25) is 4.90 Å². The average Bonchev–Trinajstić information content (AvgIpc) is 3.58. The lowest BCUT2D eigenvalue weighted by Crippen LogP contribution is -2.38. The molecule has 1 atom stereocenters. The SMILES string of the molecule is CC(C)c1cccc(OCc2nnc(C3CCC(n4cc(-c5ccc(C(C)N6CCC6)cc5)nn4)CC3)n2C)c1. The van der Waals surface area contributed by atoms with Gasteiger partial charge in [0.25, 0.3) is 0 Å². The second-order valence-electron chi connectivity index (χ2n) is 11.8. The molecule has 0 N–H and O–H groups in total. The maximum atomic E-state index is 6.07. The van der Waals surface area contributed by atoms with Crippen LogP contribution in [0.1, 0.15) is 99.6 Å². The number of hydrogen-bond donors (Lipinski definition) is 0. The lowest BCUT2D eigenvalue weighted by atomic mass is 9.85. The van der Waals surface area contributed by atoms with Crippen LogP contribution in [0.25, 0.3) is 11.3 Å². The van der Waals surface area contributed by atoms with E-state index in [0.717, 1.165) is 54.3 Å². The Balaban J connectivity index is 1.04. The van der Waals surface area contributed by atoms with Crippen molar-refractivity contribution in [3.05, 3.63) is 77.5 Å². The fourth-order valence-electron chi connectivity index (χ4n) is 6.03. The summed E-state index contributed by atoms with van der Waals surface area (Å²) in [7, 11) is 2.06. The minimum Gasteiger partial charge on any atom is -0.486 e. The van der Waals surface area contributed by atoms with Crippen LogP contribution in [0.15, 0.2) is 54.7 Å². The molecule has 2 fully saturated rings. The molecule has 1 saturated carbocycles. The first-order chi connectivity index (χ1) is 19.5. The standard InChI is InChI=1S/C32H41N7O/c1-22(2)27-7-5-8-29(19-27)40-21-31-34-35-32(37(31)4)26-13-15-28(16-14-26)39-20-30(33-36-39)25-11-9-24(10-12-25)23(3)38-17-6-18-38/h5,7-12,19-20,22-23,26,28H,6,13-18,21H2,1-4H3. The molecule has 1 unspecified atom stereocenters. The molecule has 0 radical (unpaired) electrons. The van der Waals surface area contributed by atoms with Crippen molar-refractivity contribution in [2.75, 3.05) is 13.1 Å².